The van der Waals surface area contributed by atoms with Crippen molar-refractivity contribution >= 4 is 28.6 Å². The van der Waals surface area contributed by atoms with Crippen molar-refractivity contribution in [2.45, 2.75) is 0 Å². The zero-order valence-electron chi connectivity index (χ0n) is 19.3. The lowest BCUT2D eigenvalue weighted by molar-refractivity contribution is -0.141. The van der Waals surface area contributed by atoms with Gasteiger partial charge >= 0.3 is 5.97 Å². The Hall–Kier alpha value is -4.59. The van der Waals surface area contributed by atoms with Gasteiger partial charge in [0, 0.05) is 16.5 Å². The molecule has 4 rings (SSSR count). The number of rotatable bonds is 9. The number of aromatic nitrogens is 1. The second-order valence-corrected chi connectivity index (χ2v) is 7.62. The molecular formula is C27H24N2O6. The lowest BCUT2D eigenvalue weighted by Crippen LogP contribution is -2.31. The van der Waals surface area contributed by atoms with Crippen LogP contribution in [-0.2, 0) is 9.53 Å². The Balaban J connectivity index is 1.41. The molecular weight excluding hydrogens is 448 g/mol. The Morgan fingerprint density at radius 1 is 0.857 bits per heavy atom. The van der Waals surface area contributed by atoms with Gasteiger partial charge in [-0.05, 0) is 29.8 Å². The summed E-state index contributed by atoms with van der Waals surface area (Å²) >= 11 is 0. The van der Waals surface area contributed by atoms with Gasteiger partial charge < -0.3 is 24.5 Å². The Labute approximate surface area is 201 Å². The highest BCUT2D eigenvalue weighted by Crippen LogP contribution is 2.31. The van der Waals surface area contributed by atoms with Gasteiger partial charge in [0.2, 0.25) is 5.78 Å². The van der Waals surface area contributed by atoms with Gasteiger partial charge in [-0.3, -0.25) is 14.4 Å². The number of Topliss-reactive ketones (excluding diaryl/α,β-unsaturated/α-hetero) is 1. The highest BCUT2D eigenvalue weighted by Gasteiger charge is 2.21. The Bertz CT molecular complexity index is 1380. The molecule has 0 saturated heterocycles. The van der Waals surface area contributed by atoms with Crippen molar-refractivity contribution in [3.05, 3.63) is 83.9 Å². The van der Waals surface area contributed by atoms with E-state index in [4.69, 9.17) is 14.2 Å². The topological polar surface area (TPSA) is 107 Å². The first-order valence-electron chi connectivity index (χ1n) is 10.9. The maximum Gasteiger partial charge on any atom is 0.325 e. The summed E-state index contributed by atoms with van der Waals surface area (Å²) in [5.74, 6) is -0.693. The summed E-state index contributed by atoms with van der Waals surface area (Å²) in [4.78, 5) is 41.0. The van der Waals surface area contributed by atoms with Crippen LogP contribution >= 0.6 is 0 Å². The molecule has 8 heteroatoms. The normalized spacial score (nSPS) is 10.6. The number of ether oxygens (including phenoxy) is 3. The Morgan fingerprint density at radius 3 is 2.31 bits per heavy atom. The molecule has 3 aromatic carbocycles. The molecule has 0 unspecified atom stereocenters. The number of amides is 1. The van der Waals surface area contributed by atoms with Crippen molar-refractivity contribution in [1.29, 1.82) is 0 Å². The number of esters is 1. The highest BCUT2D eigenvalue weighted by atomic mass is 16.5. The van der Waals surface area contributed by atoms with E-state index >= 15 is 0 Å². The van der Waals surface area contributed by atoms with Crippen LogP contribution in [0.25, 0.3) is 22.2 Å². The van der Waals surface area contributed by atoms with E-state index in [1.807, 2.05) is 54.6 Å². The van der Waals surface area contributed by atoms with Crippen molar-refractivity contribution in [2.24, 2.45) is 0 Å². The number of methoxy groups -OCH3 is 2. The van der Waals surface area contributed by atoms with E-state index in [0.717, 1.165) is 16.5 Å². The monoisotopic (exact) mass is 472 g/mol. The predicted molar refractivity (Wildman–Crippen MR) is 131 cm³/mol. The van der Waals surface area contributed by atoms with E-state index in [1.54, 1.807) is 12.1 Å². The van der Waals surface area contributed by atoms with Crippen LogP contribution in [-0.4, -0.2) is 50.0 Å². The van der Waals surface area contributed by atoms with E-state index in [-0.39, 0.29) is 17.9 Å². The number of H-pyrrole nitrogens is 1. The number of hydrogen-bond acceptors (Lipinski definition) is 6. The molecule has 0 aliphatic carbocycles. The number of benzene rings is 3. The first kappa shape index (κ1) is 23.6. The molecule has 0 aliphatic rings. The molecule has 1 heterocycles. The van der Waals surface area contributed by atoms with Crippen LogP contribution in [0.5, 0.6) is 11.5 Å². The maximum atomic E-state index is 13.1. The third-order valence-corrected chi connectivity index (χ3v) is 5.45. The average molecular weight is 472 g/mol. The number of para-hydroxylation sites is 1. The van der Waals surface area contributed by atoms with Gasteiger partial charge in [-0.2, -0.15) is 0 Å². The van der Waals surface area contributed by atoms with Gasteiger partial charge in [0.25, 0.3) is 5.91 Å². The van der Waals surface area contributed by atoms with Gasteiger partial charge in [0.1, 0.15) is 6.54 Å². The van der Waals surface area contributed by atoms with E-state index < -0.39 is 18.5 Å². The second kappa shape index (κ2) is 10.6. The van der Waals surface area contributed by atoms with Crippen LogP contribution in [0.4, 0.5) is 0 Å². The average Bonchev–Trinajstić information content (AvgIpc) is 3.30. The maximum absolute atomic E-state index is 13.1. The van der Waals surface area contributed by atoms with Gasteiger partial charge in [0.05, 0.1) is 25.5 Å². The third-order valence-electron chi connectivity index (χ3n) is 5.45. The van der Waals surface area contributed by atoms with E-state index in [1.165, 1.54) is 20.3 Å². The molecule has 0 atom stereocenters. The molecule has 0 fully saturated rings. The number of carbonyl (C=O) groups is 3. The number of carbonyl (C=O) groups excluding carboxylic acids is 3. The summed E-state index contributed by atoms with van der Waals surface area (Å²) in [5, 5.41) is 3.23. The molecule has 0 saturated carbocycles. The molecule has 0 bridgehead atoms. The second-order valence-electron chi connectivity index (χ2n) is 7.62. The summed E-state index contributed by atoms with van der Waals surface area (Å²) in [6.07, 6.45) is 0. The van der Waals surface area contributed by atoms with E-state index in [2.05, 4.69) is 10.3 Å². The molecule has 0 spiro atoms. The smallest absolute Gasteiger partial charge is 0.325 e. The number of hydrogen-bond donors (Lipinski definition) is 2. The van der Waals surface area contributed by atoms with Crippen molar-refractivity contribution < 1.29 is 28.6 Å². The SMILES string of the molecule is COc1ccc(C(=O)NCC(=O)OCC(=O)c2c(-c3ccccc3)[nH]c3ccccc23)cc1OC. The van der Waals surface area contributed by atoms with Crippen LogP contribution in [0.15, 0.2) is 72.8 Å². The molecule has 0 radical (unpaired) electrons. The molecule has 1 aromatic heterocycles. The van der Waals surface area contributed by atoms with Gasteiger partial charge in [-0.1, -0.05) is 48.5 Å². The fourth-order valence-electron chi connectivity index (χ4n) is 3.75. The number of ketones is 1. The minimum absolute atomic E-state index is 0.290. The van der Waals surface area contributed by atoms with Crippen molar-refractivity contribution in [3.63, 3.8) is 0 Å². The zero-order valence-corrected chi connectivity index (χ0v) is 19.3. The van der Waals surface area contributed by atoms with E-state index in [0.29, 0.717) is 22.8 Å². The molecule has 4 aromatic rings. The minimum atomic E-state index is -0.728. The Kier molecular flexibility index (Phi) is 7.11. The van der Waals surface area contributed by atoms with Crippen LogP contribution < -0.4 is 14.8 Å². The summed E-state index contributed by atoms with van der Waals surface area (Å²) in [6, 6.07) is 21.6. The van der Waals surface area contributed by atoms with Crippen LogP contribution in [0.2, 0.25) is 0 Å². The molecule has 1 amide bonds. The van der Waals surface area contributed by atoms with Gasteiger partial charge in [0.15, 0.2) is 18.1 Å². The zero-order chi connectivity index (χ0) is 24.8. The first-order chi connectivity index (χ1) is 17.0. The fraction of sp³-hybridized carbons (Fsp3) is 0.148. The number of fused-ring (bicyclic) bond motifs is 1. The fourth-order valence-corrected chi connectivity index (χ4v) is 3.75. The van der Waals surface area contributed by atoms with Crippen LogP contribution in [0, 0.1) is 0 Å². The van der Waals surface area contributed by atoms with Gasteiger partial charge in [-0.15, -0.1) is 0 Å². The summed E-state index contributed by atoms with van der Waals surface area (Å²) in [5.41, 5.74) is 3.06. The molecule has 178 valence electrons. The standard InChI is InChI=1S/C27H24N2O6/c1-33-22-13-12-18(14-23(22)34-2)27(32)28-15-24(31)35-16-21(30)25-19-10-6-7-11-20(19)29-26(25)17-8-4-3-5-9-17/h3-14,29H,15-16H2,1-2H3,(H,28,32). The summed E-state index contributed by atoms with van der Waals surface area (Å²) < 4.78 is 15.5. The lowest BCUT2D eigenvalue weighted by Gasteiger charge is -2.10. The highest BCUT2D eigenvalue weighted by molar-refractivity contribution is 6.14. The largest absolute Gasteiger partial charge is 0.493 e. The van der Waals surface area contributed by atoms with Crippen molar-refractivity contribution in [2.75, 3.05) is 27.4 Å². The molecule has 8 nitrogen and oxygen atoms in total. The lowest BCUT2D eigenvalue weighted by atomic mass is 10.0. The molecule has 2 N–H and O–H groups in total. The van der Waals surface area contributed by atoms with Crippen LogP contribution in [0.1, 0.15) is 20.7 Å². The van der Waals surface area contributed by atoms with Crippen molar-refractivity contribution in [3.8, 4) is 22.8 Å². The van der Waals surface area contributed by atoms with Crippen LogP contribution in [0.3, 0.4) is 0 Å². The third kappa shape index (κ3) is 5.16. The molecule has 0 aliphatic heterocycles. The van der Waals surface area contributed by atoms with Crippen molar-refractivity contribution in [1.82, 2.24) is 10.3 Å². The number of nitrogens with one attached hydrogen (secondary N) is 2. The number of aromatic amines is 1. The first-order valence-corrected chi connectivity index (χ1v) is 10.9. The minimum Gasteiger partial charge on any atom is -0.493 e. The molecule has 35 heavy (non-hydrogen) atoms. The Morgan fingerprint density at radius 2 is 1.57 bits per heavy atom. The van der Waals surface area contributed by atoms with Gasteiger partial charge in [-0.25, -0.2) is 0 Å². The summed E-state index contributed by atoms with van der Waals surface area (Å²) in [7, 11) is 2.96. The quantitative estimate of drug-likeness (QED) is 0.282. The van der Waals surface area contributed by atoms with E-state index in [9.17, 15) is 14.4 Å². The summed E-state index contributed by atoms with van der Waals surface area (Å²) in [6.45, 7) is -0.841. The predicted octanol–water partition coefficient (Wildman–Crippen LogP) is 4.01.